The third-order valence-corrected chi connectivity index (χ3v) is 3.20. The molecule has 100 valence electrons. The molecule has 1 fully saturated rings. The van der Waals surface area contributed by atoms with Crippen molar-refractivity contribution in [2.75, 3.05) is 26.2 Å². The second-order valence-corrected chi connectivity index (χ2v) is 4.96. The van der Waals surface area contributed by atoms with Crippen molar-refractivity contribution in [3.63, 3.8) is 0 Å². The zero-order chi connectivity index (χ0) is 12.8. The summed E-state index contributed by atoms with van der Waals surface area (Å²) in [4.78, 5) is 2.20. The predicted octanol–water partition coefficient (Wildman–Crippen LogP) is 0.597. The van der Waals surface area contributed by atoms with E-state index in [1.807, 2.05) is 30.3 Å². The molecule has 1 aliphatic rings. The van der Waals surface area contributed by atoms with Gasteiger partial charge in [0.05, 0.1) is 19.3 Å². The van der Waals surface area contributed by atoms with E-state index in [-0.39, 0.29) is 6.04 Å². The number of aliphatic hydroxyl groups is 1. The van der Waals surface area contributed by atoms with Crippen LogP contribution < -0.4 is 5.73 Å². The van der Waals surface area contributed by atoms with Gasteiger partial charge < -0.3 is 15.6 Å². The van der Waals surface area contributed by atoms with Crippen LogP contribution in [0.5, 0.6) is 0 Å². The minimum absolute atomic E-state index is 0.266. The Labute approximate surface area is 108 Å². The van der Waals surface area contributed by atoms with Crippen LogP contribution in [0.1, 0.15) is 12.0 Å². The second kappa shape index (κ2) is 6.85. The Morgan fingerprint density at radius 1 is 1.39 bits per heavy atom. The summed E-state index contributed by atoms with van der Waals surface area (Å²) in [5, 5.41) is 9.87. The summed E-state index contributed by atoms with van der Waals surface area (Å²) in [7, 11) is 0. The normalized spacial score (nSPS) is 22.2. The Morgan fingerprint density at radius 3 is 2.83 bits per heavy atom. The summed E-state index contributed by atoms with van der Waals surface area (Å²) in [5.41, 5.74) is 6.95. The van der Waals surface area contributed by atoms with Crippen LogP contribution in [-0.2, 0) is 11.3 Å². The van der Waals surface area contributed by atoms with E-state index >= 15 is 0 Å². The van der Waals surface area contributed by atoms with Crippen LogP contribution in [0.15, 0.2) is 30.3 Å². The van der Waals surface area contributed by atoms with Gasteiger partial charge >= 0.3 is 0 Å². The highest BCUT2D eigenvalue weighted by Crippen LogP contribution is 2.08. The largest absolute Gasteiger partial charge is 0.389 e. The molecule has 1 aliphatic heterocycles. The number of nitrogens with two attached hydrogens (primary N) is 1. The molecule has 0 aliphatic carbocycles. The molecule has 0 amide bonds. The minimum atomic E-state index is -0.431. The van der Waals surface area contributed by atoms with Gasteiger partial charge in [-0.3, -0.25) is 4.90 Å². The molecule has 2 atom stereocenters. The van der Waals surface area contributed by atoms with Gasteiger partial charge in [0.2, 0.25) is 0 Å². The quantitative estimate of drug-likeness (QED) is 0.776. The second-order valence-electron chi connectivity index (χ2n) is 4.96. The van der Waals surface area contributed by atoms with Crippen molar-refractivity contribution in [3.05, 3.63) is 35.9 Å². The highest BCUT2D eigenvalue weighted by atomic mass is 16.5. The molecule has 0 radical (unpaired) electrons. The molecule has 0 spiro atoms. The standard InChI is InChI=1S/C14H22N2O2/c15-13-6-7-16(8-13)9-14(17)11-18-10-12-4-2-1-3-5-12/h1-5,13-14,17H,6-11,15H2/t13-,14?/m0/s1. The molecule has 4 heteroatoms. The van der Waals surface area contributed by atoms with Gasteiger partial charge in [-0.1, -0.05) is 30.3 Å². The molecule has 3 N–H and O–H groups in total. The molecule has 18 heavy (non-hydrogen) atoms. The Morgan fingerprint density at radius 2 is 2.17 bits per heavy atom. The fraction of sp³-hybridized carbons (Fsp3) is 0.571. The van der Waals surface area contributed by atoms with E-state index < -0.39 is 6.10 Å². The average molecular weight is 250 g/mol. The smallest absolute Gasteiger partial charge is 0.0900 e. The Hall–Kier alpha value is -0.940. The number of benzene rings is 1. The summed E-state index contributed by atoms with van der Waals surface area (Å²) in [6, 6.07) is 10.3. The molecule has 1 unspecified atom stereocenters. The van der Waals surface area contributed by atoms with Gasteiger partial charge in [-0.15, -0.1) is 0 Å². The highest BCUT2D eigenvalue weighted by Gasteiger charge is 2.21. The van der Waals surface area contributed by atoms with Gasteiger partial charge in [0.1, 0.15) is 0 Å². The summed E-state index contributed by atoms with van der Waals surface area (Å²) in [6.07, 6.45) is 0.594. The molecule has 0 saturated carbocycles. The first-order valence-electron chi connectivity index (χ1n) is 6.51. The number of aliphatic hydroxyl groups excluding tert-OH is 1. The fourth-order valence-corrected chi connectivity index (χ4v) is 2.27. The van der Waals surface area contributed by atoms with Crippen molar-refractivity contribution >= 4 is 0 Å². The monoisotopic (exact) mass is 250 g/mol. The topological polar surface area (TPSA) is 58.7 Å². The van der Waals surface area contributed by atoms with Gasteiger partial charge in [-0.2, -0.15) is 0 Å². The van der Waals surface area contributed by atoms with Gasteiger partial charge in [0.25, 0.3) is 0 Å². The molecule has 0 bridgehead atoms. The lowest BCUT2D eigenvalue weighted by atomic mass is 10.2. The van der Waals surface area contributed by atoms with Gasteiger partial charge in [0, 0.05) is 19.1 Å². The van der Waals surface area contributed by atoms with E-state index in [1.54, 1.807) is 0 Å². The van der Waals surface area contributed by atoms with Crippen molar-refractivity contribution in [1.82, 2.24) is 4.90 Å². The summed E-state index contributed by atoms with van der Waals surface area (Å²) in [5.74, 6) is 0. The van der Waals surface area contributed by atoms with Crippen molar-refractivity contribution in [2.24, 2.45) is 5.73 Å². The van der Waals surface area contributed by atoms with Crippen LogP contribution in [0.4, 0.5) is 0 Å². The number of nitrogens with zero attached hydrogens (tertiary/aromatic N) is 1. The third-order valence-electron chi connectivity index (χ3n) is 3.20. The predicted molar refractivity (Wildman–Crippen MR) is 71.1 cm³/mol. The first kappa shape index (κ1) is 13.5. The lowest BCUT2D eigenvalue weighted by molar-refractivity contribution is 0.0132. The zero-order valence-corrected chi connectivity index (χ0v) is 10.7. The number of β-amino-alcohol motifs (C(OH)–C–C–N with tert-alkyl or cyclic N) is 1. The Balaban J connectivity index is 1.61. The molecule has 0 aromatic heterocycles. The van der Waals surface area contributed by atoms with Crippen molar-refractivity contribution in [1.29, 1.82) is 0 Å². The maximum absolute atomic E-state index is 9.87. The number of rotatable bonds is 6. The molecule has 1 heterocycles. The van der Waals surface area contributed by atoms with Crippen molar-refractivity contribution in [3.8, 4) is 0 Å². The van der Waals surface area contributed by atoms with Crippen molar-refractivity contribution < 1.29 is 9.84 Å². The van der Waals surface area contributed by atoms with E-state index in [0.717, 1.165) is 25.1 Å². The molecule has 2 rings (SSSR count). The summed E-state index contributed by atoms with van der Waals surface area (Å²) >= 11 is 0. The average Bonchev–Trinajstić information content (AvgIpc) is 2.76. The first-order valence-corrected chi connectivity index (χ1v) is 6.51. The van der Waals surface area contributed by atoms with Gasteiger partial charge in [0.15, 0.2) is 0 Å². The van der Waals surface area contributed by atoms with Crippen LogP contribution in [0.25, 0.3) is 0 Å². The fourth-order valence-electron chi connectivity index (χ4n) is 2.27. The maximum Gasteiger partial charge on any atom is 0.0900 e. The first-order chi connectivity index (χ1) is 8.74. The van der Waals surface area contributed by atoms with Crippen molar-refractivity contribution in [2.45, 2.75) is 25.2 Å². The maximum atomic E-state index is 9.87. The number of ether oxygens (including phenoxy) is 1. The molecular weight excluding hydrogens is 228 g/mol. The van der Waals surface area contributed by atoms with Crippen LogP contribution in [-0.4, -0.2) is 48.4 Å². The van der Waals surface area contributed by atoms with Crippen LogP contribution in [0.3, 0.4) is 0 Å². The lowest BCUT2D eigenvalue weighted by Crippen LogP contribution is -2.35. The van der Waals surface area contributed by atoms with E-state index in [4.69, 9.17) is 10.5 Å². The third kappa shape index (κ3) is 4.38. The van der Waals surface area contributed by atoms with E-state index in [2.05, 4.69) is 4.90 Å². The lowest BCUT2D eigenvalue weighted by Gasteiger charge is -2.19. The van der Waals surface area contributed by atoms with Crippen LogP contribution in [0, 0.1) is 0 Å². The summed E-state index contributed by atoms with van der Waals surface area (Å²) < 4.78 is 5.51. The SMILES string of the molecule is N[C@H]1CCN(CC(O)COCc2ccccc2)C1. The van der Waals surface area contributed by atoms with E-state index in [1.165, 1.54) is 0 Å². The van der Waals surface area contributed by atoms with E-state index in [9.17, 15) is 5.11 Å². The highest BCUT2D eigenvalue weighted by molar-refractivity contribution is 5.13. The Kier molecular flexibility index (Phi) is 5.13. The molecule has 1 aromatic carbocycles. The molecular formula is C14H22N2O2. The Bertz CT molecular complexity index is 345. The minimum Gasteiger partial charge on any atom is -0.389 e. The van der Waals surface area contributed by atoms with Crippen LogP contribution >= 0.6 is 0 Å². The van der Waals surface area contributed by atoms with Gasteiger partial charge in [-0.25, -0.2) is 0 Å². The zero-order valence-electron chi connectivity index (χ0n) is 10.7. The summed E-state index contributed by atoms with van der Waals surface area (Å²) in [6.45, 7) is 3.45. The van der Waals surface area contributed by atoms with Crippen LogP contribution in [0.2, 0.25) is 0 Å². The molecule has 4 nitrogen and oxygen atoms in total. The van der Waals surface area contributed by atoms with E-state index in [0.29, 0.717) is 19.8 Å². The van der Waals surface area contributed by atoms with Gasteiger partial charge in [-0.05, 0) is 18.5 Å². The molecule has 1 saturated heterocycles. The number of likely N-dealkylation sites (tertiary alicyclic amines) is 1. The number of hydrogen-bond donors (Lipinski definition) is 2. The molecule has 1 aromatic rings. The number of hydrogen-bond acceptors (Lipinski definition) is 4.